The van der Waals surface area contributed by atoms with Crippen molar-refractivity contribution >= 4 is 35.0 Å². The molecule has 5 heteroatoms. The summed E-state index contributed by atoms with van der Waals surface area (Å²) in [4.78, 5) is 26.9. The van der Waals surface area contributed by atoms with Crippen molar-refractivity contribution in [3.05, 3.63) is 125 Å². The summed E-state index contributed by atoms with van der Waals surface area (Å²) in [6, 6.07) is 32.5. The van der Waals surface area contributed by atoms with Gasteiger partial charge in [-0.05, 0) is 61.4 Å². The van der Waals surface area contributed by atoms with Crippen LogP contribution in [-0.2, 0) is 4.79 Å². The highest BCUT2D eigenvalue weighted by molar-refractivity contribution is 8.00. The minimum absolute atomic E-state index is 0.0976. The van der Waals surface area contributed by atoms with E-state index in [4.69, 9.17) is 0 Å². The number of carbonyl (C=O) groups excluding carboxylic acids is 2. The second-order valence-corrected chi connectivity index (χ2v) is 9.24. The molecule has 4 aromatic carbocycles. The number of amides is 2. The van der Waals surface area contributed by atoms with Crippen LogP contribution >= 0.6 is 11.8 Å². The quantitative estimate of drug-likeness (QED) is 0.288. The highest BCUT2D eigenvalue weighted by Gasteiger charge is 2.23. The van der Waals surface area contributed by atoms with Crippen LogP contribution in [-0.4, -0.2) is 11.8 Å². The predicted octanol–water partition coefficient (Wildman–Crippen LogP) is 7.03. The monoisotopic (exact) mass is 466 g/mol. The molecule has 0 aliphatic rings. The van der Waals surface area contributed by atoms with Gasteiger partial charge < -0.3 is 10.6 Å². The molecule has 34 heavy (non-hydrogen) atoms. The lowest BCUT2D eigenvalue weighted by Crippen LogP contribution is -2.19. The Bertz CT molecular complexity index is 1290. The third kappa shape index (κ3) is 5.94. The molecule has 0 fully saturated rings. The minimum Gasteiger partial charge on any atom is -0.325 e. The van der Waals surface area contributed by atoms with Crippen LogP contribution in [0.1, 0.15) is 32.3 Å². The standard InChI is InChI=1S/C29H26N2O2S/c1-20-15-17-23(18-16-20)28(32)30-24-12-8-13-25(19-24)34-27(22-10-4-3-5-11-22)29(33)31-26-14-7-6-9-21(26)2/h3-19,27H,1-2H3,(H,30,32)(H,31,33). The molecular formula is C29H26N2O2S. The molecule has 0 aliphatic carbocycles. The fourth-order valence-electron chi connectivity index (χ4n) is 3.50. The molecule has 1 unspecified atom stereocenters. The van der Waals surface area contributed by atoms with E-state index in [9.17, 15) is 9.59 Å². The van der Waals surface area contributed by atoms with Crippen LogP contribution in [0, 0.1) is 13.8 Å². The Kier molecular flexibility index (Phi) is 7.45. The number of rotatable bonds is 7. The van der Waals surface area contributed by atoms with Crippen molar-refractivity contribution in [3.63, 3.8) is 0 Å². The van der Waals surface area contributed by atoms with E-state index >= 15 is 0 Å². The van der Waals surface area contributed by atoms with Crippen molar-refractivity contribution in [1.29, 1.82) is 0 Å². The maximum atomic E-state index is 13.3. The van der Waals surface area contributed by atoms with Gasteiger partial charge in [-0.3, -0.25) is 9.59 Å². The molecule has 2 N–H and O–H groups in total. The van der Waals surface area contributed by atoms with Crippen molar-refractivity contribution in [2.45, 2.75) is 24.0 Å². The number of hydrogen-bond donors (Lipinski definition) is 2. The summed E-state index contributed by atoms with van der Waals surface area (Å²) in [5.74, 6) is -0.265. The third-order valence-corrected chi connectivity index (χ3v) is 6.65. The van der Waals surface area contributed by atoms with Crippen molar-refractivity contribution in [2.24, 2.45) is 0 Å². The average molecular weight is 467 g/mol. The summed E-state index contributed by atoms with van der Waals surface area (Å²) < 4.78 is 0. The second-order valence-electron chi connectivity index (χ2n) is 8.06. The topological polar surface area (TPSA) is 58.2 Å². The van der Waals surface area contributed by atoms with Crippen LogP contribution in [0.25, 0.3) is 0 Å². The van der Waals surface area contributed by atoms with E-state index in [1.54, 1.807) is 0 Å². The van der Waals surface area contributed by atoms with Gasteiger partial charge in [0.1, 0.15) is 5.25 Å². The number of benzene rings is 4. The molecule has 2 amide bonds. The molecular weight excluding hydrogens is 440 g/mol. The first kappa shape index (κ1) is 23.3. The summed E-state index contributed by atoms with van der Waals surface area (Å²) in [6.45, 7) is 3.96. The summed E-state index contributed by atoms with van der Waals surface area (Å²) in [5, 5.41) is 5.57. The fraction of sp³-hybridized carbons (Fsp3) is 0.103. The first-order chi connectivity index (χ1) is 16.5. The van der Waals surface area contributed by atoms with Crippen LogP contribution in [0.3, 0.4) is 0 Å². The molecule has 0 spiro atoms. The molecule has 4 nitrogen and oxygen atoms in total. The summed E-state index contributed by atoms with van der Waals surface area (Å²) in [7, 11) is 0. The molecule has 0 aromatic heterocycles. The Morgan fingerprint density at radius 3 is 2.18 bits per heavy atom. The average Bonchev–Trinajstić information content (AvgIpc) is 2.85. The molecule has 0 radical (unpaired) electrons. The zero-order chi connectivity index (χ0) is 23.9. The van der Waals surface area contributed by atoms with E-state index in [1.165, 1.54) is 11.8 Å². The smallest absolute Gasteiger partial charge is 0.255 e. The predicted molar refractivity (Wildman–Crippen MR) is 140 cm³/mol. The molecule has 0 aliphatic heterocycles. The number of hydrogen-bond acceptors (Lipinski definition) is 3. The van der Waals surface area contributed by atoms with Crippen LogP contribution in [0.15, 0.2) is 108 Å². The lowest BCUT2D eigenvalue weighted by molar-refractivity contribution is -0.115. The minimum atomic E-state index is -0.455. The summed E-state index contributed by atoms with van der Waals surface area (Å²) in [6.07, 6.45) is 0. The molecule has 0 heterocycles. The van der Waals surface area contributed by atoms with Gasteiger partial charge in [0.15, 0.2) is 0 Å². The van der Waals surface area contributed by atoms with Crippen LogP contribution in [0.2, 0.25) is 0 Å². The first-order valence-electron chi connectivity index (χ1n) is 11.1. The van der Waals surface area contributed by atoms with E-state index in [0.29, 0.717) is 11.3 Å². The van der Waals surface area contributed by atoms with E-state index in [1.807, 2.05) is 117 Å². The number of para-hydroxylation sites is 1. The van der Waals surface area contributed by atoms with Gasteiger partial charge in [0, 0.05) is 21.8 Å². The Morgan fingerprint density at radius 1 is 0.735 bits per heavy atom. The van der Waals surface area contributed by atoms with E-state index in [2.05, 4.69) is 10.6 Å². The van der Waals surface area contributed by atoms with Gasteiger partial charge in [-0.1, -0.05) is 72.3 Å². The van der Waals surface area contributed by atoms with Gasteiger partial charge in [-0.2, -0.15) is 0 Å². The fourth-order valence-corrected chi connectivity index (χ4v) is 4.59. The molecule has 170 valence electrons. The molecule has 4 rings (SSSR count). The van der Waals surface area contributed by atoms with Crippen molar-refractivity contribution < 1.29 is 9.59 Å². The zero-order valence-electron chi connectivity index (χ0n) is 19.1. The van der Waals surface area contributed by atoms with E-state index in [0.717, 1.165) is 27.3 Å². The number of carbonyl (C=O) groups is 2. The highest BCUT2D eigenvalue weighted by atomic mass is 32.2. The van der Waals surface area contributed by atoms with Crippen LogP contribution < -0.4 is 10.6 Å². The lowest BCUT2D eigenvalue weighted by atomic mass is 10.1. The summed E-state index contributed by atoms with van der Waals surface area (Å²) in [5.41, 5.74) is 5.10. The second kappa shape index (κ2) is 10.9. The largest absolute Gasteiger partial charge is 0.325 e. The molecule has 1 atom stereocenters. The van der Waals surface area contributed by atoms with Gasteiger partial charge >= 0.3 is 0 Å². The maximum Gasteiger partial charge on any atom is 0.255 e. The zero-order valence-corrected chi connectivity index (χ0v) is 19.9. The normalized spacial score (nSPS) is 11.5. The van der Waals surface area contributed by atoms with E-state index < -0.39 is 5.25 Å². The lowest BCUT2D eigenvalue weighted by Gasteiger charge is -2.18. The van der Waals surface area contributed by atoms with Crippen molar-refractivity contribution in [2.75, 3.05) is 10.6 Å². The summed E-state index contributed by atoms with van der Waals surface area (Å²) >= 11 is 1.45. The SMILES string of the molecule is Cc1ccc(C(=O)Nc2cccc(SC(C(=O)Nc3ccccc3C)c3ccccc3)c2)cc1. The maximum absolute atomic E-state index is 13.3. The van der Waals surface area contributed by atoms with Gasteiger partial charge in [0.2, 0.25) is 5.91 Å². The van der Waals surface area contributed by atoms with Crippen LogP contribution in [0.4, 0.5) is 11.4 Å². The molecule has 0 saturated heterocycles. The van der Waals surface area contributed by atoms with Gasteiger partial charge in [-0.15, -0.1) is 11.8 Å². The van der Waals surface area contributed by atoms with Crippen LogP contribution in [0.5, 0.6) is 0 Å². The van der Waals surface area contributed by atoms with Gasteiger partial charge in [0.05, 0.1) is 0 Å². The Balaban J connectivity index is 1.54. The van der Waals surface area contributed by atoms with E-state index in [-0.39, 0.29) is 11.8 Å². The third-order valence-electron chi connectivity index (χ3n) is 5.40. The highest BCUT2D eigenvalue weighted by Crippen LogP contribution is 2.37. The number of aryl methyl sites for hydroxylation is 2. The van der Waals surface area contributed by atoms with Crippen molar-refractivity contribution in [3.8, 4) is 0 Å². The Morgan fingerprint density at radius 2 is 1.44 bits per heavy atom. The number of nitrogens with one attached hydrogen (secondary N) is 2. The first-order valence-corrected chi connectivity index (χ1v) is 11.9. The molecule has 4 aromatic rings. The Labute approximate surface area is 204 Å². The number of thioether (sulfide) groups is 1. The molecule has 0 saturated carbocycles. The Hall–Kier alpha value is -3.83. The number of anilines is 2. The molecule has 0 bridgehead atoms. The van der Waals surface area contributed by atoms with Gasteiger partial charge in [-0.25, -0.2) is 0 Å². The van der Waals surface area contributed by atoms with Crippen molar-refractivity contribution in [1.82, 2.24) is 0 Å². The van der Waals surface area contributed by atoms with Gasteiger partial charge in [0.25, 0.3) is 5.91 Å².